The standard InChI is InChI=1S/C14H25N5O/c1-18-11(6-7-16-18)4-5-13(17-15)14-9-19-8-2-3-12(19)10-20-14/h6-7,12-14,17H,2-5,8-10,15H2,1H3. The highest BCUT2D eigenvalue weighted by Gasteiger charge is 2.35. The summed E-state index contributed by atoms with van der Waals surface area (Å²) >= 11 is 0. The molecule has 6 heteroatoms. The predicted molar refractivity (Wildman–Crippen MR) is 77.0 cm³/mol. The van der Waals surface area contributed by atoms with Crippen molar-refractivity contribution in [3.05, 3.63) is 18.0 Å². The van der Waals surface area contributed by atoms with Crippen LogP contribution in [0.1, 0.15) is 25.0 Å². The van der Waals surface area contributed by atoms with Gasteiger partial charge in [0.15, 0.2) is 0 Å². The minimum absolute atomic E-state index is 0.197. The van der Waals surface area contributed by atoms with Crippen LogP contribution >= 0.6 is 0 Å². The van der Waals surface area contributed by atoms with Crippen LogP contribution in [0.5, 0.6) is 0 Å². The molecule has 0 radical (unpaired) electrons. The van der Waals surface area contributed by atoms with E-state index in [1.807, 2.05) is 17.9 Å². The average molecular weight is 279 g/mol. The third-order valence-electron chi connectivity index (χ3n) is 4.71. The van der Waals surface area contributed by atoms with E-state index in [-0.39, 0.29) is 12.1 Å². The molecule has 1 aromatic heterocycles. The third-order valence-corrected chi connectivity index (χ3v) is 4.71. The maximum Gasteiger partial charge on any atom is 0.0869 e. The molecule has 2 aliphatic rings. The fourth-order valence-electron chi connectivity index (χ4n) is 3.41. The smallest absolute Gasteiger partial charge is 0.0869 e. The summed E-state index contributed by atoms with van der Waals surface area (Å²) in [4.78, 5) is 2.56. The minimum atomic E-state index is 0.197. The fraction of sp³-hybridized carbons (Fsp3) is 0.786. The molecule has 3 unspecified atom stereocenters. The van der Waals surface area contributed by atoms with Gasteiger partial charge in [-0.15, -0.1) is 0 Å². The Morgan fingerprint density at radius 1 is 1.60 bits per heavy atom. The Hall–Kier alpha value is -0.950. The quantitative estimate of drug-likeness (QED) is 0.589. The van der Waals surface area contributed by atoms with Crippen molar-refractivity contribution in [1.82, 2.24) is 20.1 Å². The Balaban J connectivity index is 1.55. The molecule has 6 nitrogen and oxygen atoms in total. The van der Waals surface area contributed by atoms with E-state index < -0.39 is 0 Å². The molecule has 0 aliphatic carbocycles. The lowest BCUT2D eigenvalue weighted by Crippen LogP contribution is -2.55. The zero-order valence-corrected chi connectivity index (χ0v) is 12.2. The normalized spacial score (nSPS) is 28.5. The number of aryl methyl sites for hydroxylation is 2. The highest BCUT2D eigenvalue weighted by atomic mass is 16.5. The van der Waals surface area contributed by atoms with Gasteiger partial charge in [-0.25, -0.2) is 0 Å². The molecule has 0 bridgehead atoms. The van der Waals surface area contributed by atoms with Crippen molar-refractivity contribution in [2.24, 2.45) is 12.9 Å². The first-order chi connectivity index (χ1) is 9.78. The van der Waals surface area contributed by atoms with Gasteiger partial charge in [0.1, 0.15) is 0 Å². The highest BCUT2D eigenvalue weighted by molar-refractivity contribution is 5.01. The summed E-state index contributed by atoms with van der Waals surface area (Å²) < 4.78 is 7.96. The lowest BCUT2D eigenvalue weighted by Gasteiger charge is -2.38. The first-order valence-corrected chi connectivity index (χ1v) is 7.56. The number of hydrogen-bond acceptors (Lipinski definition) is 5. The van der Waals surface area contributed by atoms with Crippen molar-refractivity contribution in [1.29, 1.82) is 0 Å². The van der Waals surface area contributed by atoms with Gasteiger partial charge in [-0.05, 0) is 38.3 Å². The van der Waals surface area contributed by atoms with E-state index >= 15 is 0 Å². The van der Waals surface area contributed by atoms with Crippen LogP contribution < -0.4 is 11.3 Å². The minimum Gasteiger partial charge on any atom is -0.374 e. The summed E-state index contributed by atoms with van der Waals surface area (Å²) in [7, 11) is 1.98. The van der Waals surface area contributed by atoms with Crippen molar-refractivity contribution < 1.29 is 4.74 Å². The van der Waals surface area contributed by atoms with Crippen LogP contribution in [0, 0.1) is 0 Å². The number of hydrazine groups is 1. The summed E-state index contributed by atoms with van der Waals surface area (Å²) in [6.07, 6.45) is 6.56. The van der Waals surface area contributed by atoms with Crippen molar-refractivity contribution in [2.45, 2.75) is 43.9 Å². The first kappa shape index (κ1) is 14.0. The van der Waals surface area contributed by atoms with Gasteiger partial charge in [0.25, 0.3) is 0 Å². The second-order valence-electron chi connectivity index (χ2n) is 5.92. The molecule has 0 spiro atoms. The number of nitrogens with zero attached hydrogens (tertiary/aromatic N) is 3. The van der Waals surface area contributed by atoms with E-state index in [0.717, 1.165) is 26.0 Å². The third kappa shape index (κ3) is 2.88. The Morgan fingerprint density at radius 3 is 3.25 bits per heavy atom. The van der Waals surface area contributed by atoms with Crippen LogP contribution in [-0.4, -0.2) is 52.6 Å². The van der Waals surface area contributed by atoms with Crippen molar-refractivity contribution >= 4 is 0 Å². The number of fused-ring (bicyclic) bond motifs is 1. The van der Waals surface area contributed by atoms with Crippen LogP contribution in [0.15, 0.2) is 12.3 Å². The van der Waals surface area contributed by atoms with Gasteiger partial charge >= 0.3 is 0 Å². The van der Waals surface area contributed by atoms with Crippen LogP contribution in [0.3, 0.4) is 0 Å². The van der Waals surface area contributed by atoms with E-state index in [1.165, 1.54) is 25.1 Å². The predicted octanol–water partition coefficient (Wildman–Crippen LogP) is 0.0478. The van der Waals surface area contributed by atoms with Crippen molar-refractivity contribution in [3.8, 4) is 0 Å². The number of nitrogens with one attached hydrogen (secondary N) is 1. The molecule has 2 saturated heterocycles. The van der Waals surface area contributed by atoms with Crippen LogP contribution in [0.4, 0.5) is 0 Å². The zero-order valence-electron chi connectivity index (χ0n) is 12.2. The summed E-state index contributed by atoms with van der Waals surface area (Å²) in [5.74, 6) is 5.75. The first-order valence-electron chi connectivity index (χ1n) is 7.56. The molecule has 3 heterocycles. The van der Waals surface area contributed by atoms with E-state index in [4.69, 9.17) is 10.6 Å². The average Bonchev–Trinajstić information content (AvgIpc) is 3.08. The summed E-state index contributed by atoms with van der Waals surface area (Å²) in [6, 6.07) is 2.90. The lowest BCUT2D eigenvalue weighted by atomic mass is 10.0. The number of hydrogen-bond donors (Lipinski definition) is 2. The molecular formula is C14H25N5O. The summed E-state index contributed by atoms with van der Waals surface area (Å²) in [5, 5.41) is 4.20. The molecule has 3 rings (SSSR count). The Kier molecular flexibility index (Phi) is 4.35. The van der Waals surface area contributed by atoms with Gasteiger partial charge in [0.05, 0.1) is 12.7 Å². The molecule has 2 fully saturated rings. The number of morpholine rings is 1. The molecule has 0 amide bonds. The maximum atomic E-state index is 6.04. The van der Waals surface area contributed by atoms with Gasteiger partial charge < -0.3 is 4.74 Å². The zero-order chi connectivity index (χ0) is 13.9. The van der Waals surface area contributed by atoms with Crippen LogP contribution in [-0.2, 0) is 18.2 Å². The Morgan fingerprint density at radius 2 is 2.50 bits per heavy atom. The van der Waals surface area contributed by atoms with E-state index in [9.17, 15) is 0 Å². The second kappa shape index (κ2) is 6.22. The summed E-state index contributed by atoms with van der Waals surface area (Å²) in [5.41, 5.74) is 4.19. The molecule has 3 N–H and O–H groups in total. The molecule has 0 saturated carbocycles. The van der Waals surface area contributed by atoms with Crippen molar-refractivity contribution in [2.75, 3.05) is 19.7 Å². The Labute approximate surface area is 120 Å². The Bertz CT molecular complexity index is 435. The lowest BCUT2D eigenvalue weighted by molar-refractivity contribution is -0.0656. The van der Waals surface area contributed by atoms with Gasteiger partial charge in [0.2, 0.25) is 0 Å². The van der Waals surface area contributed by atoms with Gasteiger partial charge in [0, 0.05) is 37.6 Å². The van der Waals surface area contributed by atoms with Crippen molar-refractivity contribution in [3.63, 3.8) is 0 Å². The largest absolute Gasteiger partial charge is 0.374 e. The molecular weight excluding hydrogens is 254 g/mol. The van der Waals surface area contributed by atoms with Crippen LogP contribution in [0.2, 0.25) is 0 Å². The molecule has 112 valence electrons. The van der Waals surface area contributed by atoms with E-state index in [1.54, 1.807) is 0 Å². The van der Waals surface area contributed by atoms with E-state index in [2.05, 4.69) is 21.5 Å². The fourth-order valence-corrected chi connectivity index (χ4v) is 3.41. The number of nitrogens with two attached hydrogens (primary N) is 1. The SMILES string of the molecule is Cn1nccc1CCC(NN)C1CN2CCCC2CO1. The molecule has 2 aliphatic heterocycles. The number of aromatic nitrogens is 2. The molecule has 3 atom stereocenters. The van der Waals surface area contributed by atoms with Gasteiger partial charge in [-0.1, -0.05) is 0 Å². The van der Waals surface area contributed by atoms with Gasteiger partial charge in [-0.2, -0.15) is 5.10 Å². The van der Waals surface area contributed by atoms with Gasteiger partial charge in [-0.3, -0.25) is 20.9 Å². The van der Waals surface area contributed by atoms with Crippen LogP contribution in [0.25, 0.3) is 0 Å². The summed E-state index contributed by atoms with van der Waals surface area (Å²) in [6.45, 7) is 3.07. The molecule has 1 aromatic rings. The maximum absolute atomic E-state index is 6.04. The number of ether oxygens (including phenoxy) is 1. The second-order valence-corrected chi connectivity index (χ2v) is 5.92. The monoisotopic (exact) mass is 279 g/mol. The van der Waals surface area contributed by atoms with E-state index in [0.29, 0.717) is 6.04 Å². The topological polar surface area (TPSA) is 68.3 Å². The highest BCUT2D eigenvalue weighted by Crippen LogP contribution is 2.24. The molecule has 20 heavy (non-hydrogen) atoms. The molecule has 0 aromatic carbocycles. The number of rotatable bonds is 5.